The molecule has 1 heterocycles. The topological polar surface area (TPSA) is 39.1 Å². The first-order chi connectivity index (χ1) is 10.2. The Morgan fingerprint density at radius 2 is 2.14 bits per heavy atom. The number of para-hydroxylation sites is 2. The van der Waals surface area contributed by atoms with Crippen LogP contribution in [0.15, 0.2) is 42.5 Å². The highest BCUT2D eigenvalue weighted by Crippen LogP contribution is 2.32. The number of nitriles is 1. The van der Waals surface area contributed by atoms with Gasteiger partial charge >= 0.3 is 0 Å². The van der Waals surface area contributed by atoms with Crippen LogP contribution in [0.1, 0.15) is 18.1 Å². The molecule has 1 aliphatic heterocycles. The van der Waals surface area contributed by atoms with E-state index >= 15 is 0 Å². The van der Waals surface area contributed by atoms with Crippen LogP contribution in [0.3, 0.4) is 0 Å². The molecule has 1 aliphatic rings. The van der Waals surface area contributed by atoms with Crippen molar-refractivity contribution in [3.05, 3.63) is 59.4 Å². The van der Waals surface area contributed by atoms with Crippen LogP contribution in [0.5, 0.6) is 0 Å². The van der Waals surface area contributed by atoms with Crippen molar-refractivity contribution in [1.29, 1.82) is 5.26 Å². The van der Waals surface area contributed by atoms with Gasteiger partial charge in [0.25, 0.3) is 0 Å². The lowest BCUT2D eigenvalue weighted by molar-refractivity contribution is 0.615. The number of hydrogen-bond donors (Lipinski definition) is 1. The molecule has 0 fully saturated rings. The van der Waals surface area contributed by atoms with Crippen molar-refractivity contribution in [3.63, 3.8) is 0 Å². The molecular formula is C17H16FN3. The van der Waals surface area contributed by atoms with Gasteiger partial charge in [-0.15, -0.1) is 0 Å². The van der Waals surface area contributed by atoms with E-state index in [0.29, 0.717) is 12.1 Å². The molecule has 0 bridgehead atoms. The van der Waals surface area contributed by atoms with Crippen LogP contribution in [0, 0.1) is 17.1 Å². The minimum Gasteiger partial charge on any atom is -0.381 e. The lowest BCUT2D eigenvalue weighted by atomic mass is 10.0. The van der Waals surface area contributed by atoms with Gasteiger partial charge in [-0.3, -0.25) is 0 Å². The van der Waals surface area contributed by atoms with E-state index in [0.717, 1.165) is 23.5 Å². The van der Waals surface area contributed by atoms with Gasteiger partial charge in [-0.2, -0.15) is 5.26 Å². The van der Waals surface area contributed by atoms with Crippen molar-refractivity contribution in [1.82, 2.24) is 0 Å². The predicted molar refractivity (Wildman–Crippen MR) is 81.7 cm³/mol. The molecule has 1 N–H and O–H groups in total. The third kappa shape index (κ3) is 2.55. The quantitative estimate of drug-likeness (QED) is 0.915. The van der Waals surface area contributed by atoms with Gasteiger partial charge in [-0.25, -0.2) is 4.39 Å². The van der Waals surface area contributed by atoms with Crippen molar-refractivity contribution in [2.75, 3.05) is 16.8 Å². The molecule has 0 aliphatic carbocycles. The molecule has 1 unspecified atom stereocenters. The number of benzene rings is 2. The van der Waals surface area contributed by atoms with Gasteiger partial charge in [0.1, 0.15) is 5.82 Å². The Morgan fingerprint density at radius 3 is 2.95 bits per heavy atom. The first-order valence-corrected chi connectivity index (χ1v) is 6.97. The maximum atomic E-state index is 13.5. The normalized spacial score (nSPS) is 16.8. The van der Waals surface area contributed by atoms with Crippen LogP contribution < -0.4 is 10.2 Å². The maximum Gasteiger partial charge on any atom is 0.123 e. The van der Waals surface area contributed by atoms with Crippen molar-refractivity contribution in [2.24, 2.45) is 0 Å². The summed E-state index contributed by atoms with van der Waals surface area (Å²) in [6, 6.07) is 14.8. The average molecular weight is 281 g/mol. The number of nitrogens with one attached hydrogen (secondary N) is 1. The number of anilines is 2. The fourth-order valence-electron chi connectivity index (χ4n) is 2.71. The molecule has 21 heavy (non-hydrogen) atoms. The van der Waals surface area contributed by atoms with Crippen LogP contribution in [0.25, 0.3) is 0 Å². The highest BCUT2D eigenvalue weighted by Gasteiger charge is 2.23. The van der Waals surface area contributed by atoms with Gasteiger partial charge in [-0.1, -0.05) is 12.1 Å². The second-order valence-electron chi connectivity index (χ2n) is 5.29. The largest absolute Gasteiger partial charge is 0.381 e. The molecule has 2 aromatic carbocycles. The van der Waals surface area contributed by atoms with E-state index in [1.165, 1.54) is 12.1 Å². The zero-order chi connectivity index (χ0) is 14.8. The van der Waals surface area contributed by atoms with E-state index in [4.69, 9.17) is 0 Å². The summed E-state index contributed by atoms with van der Waals surface area (Å²) < 4.78 is 13.5. The standard InChI is InChI=1S/C17H16FN3/c1-12-10-20-16-4-2-3-5-17(16)21(12)11-14-8-15(18)7-6-13(14)9-19/h2-8,12,20H,10-11H2,1H3. The summed E-state index contributed by atoms with van der Waals surface area (Å²) in [6.45, 7) is 3.48. The molecule has 0 radical (unpaired) electrons. The Labute approximate surface area is 123 Å². The predicted octanol–water partition coefficient (Wildman–Crippen LogP) is 3.52. The molecular weight excluding hydrogens is 265 g/mol. The van der Waals surface area contributed by atoms with Crippen molar-refractivity contribution >= 4 is 11.4 Å². The van der Waals surface area contributed by atoms with Gasteiger partial charge in [0.05, 0.1) is 23.0 Å². The summed E-state index contributed by atoms with van der Waals surface area (Å²) in [5.74, 6) is -0.305. The van der Waals surface area contributed by atoms with E-state index in [9.17, 15) is 9.65 Å². The first-order valence-electron chi connectivity index (χ1n) is 6.97. The van der Waals surface area contributed by atoms with Gasteiger partial charge in [-0.05, 0) is 42.8 Å². The van der Waals surface area contributed by atoms with Gasteiger partial charge in [0, 0.05) is 19.1 Å². The highest BCUT2D eigenvalue weighted by atomic mass is 19.1. The summed E-state index contributed by atoms with van der Waals surface area (Å²) >= 11 is 0. The Morgan fingerprint density at radius 1 is 1.33 bits per heavy atom. The fraction of sp³-hybridized carbons (Fsp3) is 0.235. The van der Waals surface area contributed by atoms with Crippen LogP contribution in [-0.4, -0.2) is 12.6 Å². The van der Waals surface area contributed by atoms with Gasteiger partial charge in [0.2, 0.25) is 0 Å². The number of fused-ring (bicyclic) bond motifs is 1. The molecule has 106 valence electrons. The van der Waals surface area contributed by atoms with Gasteiger partial charge < -0.3 is 10.2 Å². The highest BCUT2D eigenvalue weighted by molar-refractivity contribution is 5.72. The molecule has 3 nitrogen and oxygen atoms in total. The second-order valence-corrected chi connectivity index (χ2v) is 5.29. The van der Waals surface area contributed by atoms with E-state index in [2.05, 4.69) is 23.2 Å². The molecule has 0 saturated carbocycles. The molecule has 0 aromatic heterocycles. The molecule has 1 atom stereocenters. The van der Waals surface area contributed by atoms with Crippen LogP contribution in [0.2, 0.25) is 0 Å². The van der Waals surface area contributed by atoms with Crippen molar-refractivity contribution in [2.45, 2.75) is 19.5 Å². The van der Waals surface area contributed by atoms with Crippen LogP contribution in [-0.2, 0) is 6.54 Å². The van der Waals surface area contributed by atoms with E-state index in [-0.39, 0.29) is 11.9 Å². The second kappa shape index (κ2) is 5.45. The zero-order valence-electron chi connectivity index (χ0n) is 11.8. The molecule has 3 rings (SSSR count). The van der Waals surface area contributed by atoms with Crippen LogP contribution >= 0.6 is 0 Å². The van der Waals surface area contributed by atoms with Crippen molar-refractivity contribution < 1.29 is 4.39 Å². The average Bonchev–Trinajstić information content (AvgIpc) is 2.50. The molecule has 0 spiro atoms. The number of hydrogen-bond acceptors (Lipinski definition) is 3. The lowest BCUT2D eigenvalue weighted by Crippen LogP contribution is -2.41. The maximum absolute atomic E-state index is 13.5. The number of halogens is 1. The smallest absolute Gasteiger partial charge is 0.123 e. The minimum atomic E-state index is -0.305. The summed E-state index contributed by atoms with van der Waals surface area (Å²) in [6.07, 6.45) is 0. The van der Waals surface area contributed by atoms with Gasteiger partial charge in [0.15, 0.2) is 0 Å². The third-order valence-electron chi connectivity index (χ3n) is 3.86. The van der Waals surface area contributed by atoms with E-state index < -0.39 is 0 Å². The number of nitrogens with zero attached hydrogens (tertiary/aromatic N) is 2. The van der Waals surface area contributed by atoms with E-state index in [1.807, 2.05) is 24.3 Å². The molecule has 0 amide bonds. The first kappa shape index (κ1) is 13.4. The molecule has 0 saturated heterocycles. The van der Waals surface area contributed by atoms with E-state index in [1.54, 1.807) is 6.07 Å². The molecule has 2 aromatic rings. The zero-order valence-corrected chi connectivity index (χ0v) is 11.8. The Bertz CT molecular complexity index is 705. The molecule has 4 heteroatoms. The Kier molecular flexibility index (Phi) is 3.49. The monoisotopic (exact) mass is 281 g/mol. The minimum absolute atomic E-state index is 0.273. The summed E-state index contributed by atoms with van der Waals surface area (Å²) in [5.41, 5.74) is 3.41. The van der Waals surface area contributed by atoms with Crippen LogP contribution in [0.4, 0.5) is 15.8 Å². The third-order valence-corrected chi connectivity index (χ3v) is 3.86. The summed E-state index contributed by atoms with van der Waals surface area (Å²) in [5, 5.41) is 12.6. The Hall–Kier alpha value is -2.54. The lowest BCUT2D eigenvalue weighted by Gasteiger charge is -2.38. The number of rotatable bonds is 2. The summed E-state index contributed by atoms with van der Waals surface area (Å²) in [4.78, 5) is 2.21. The summed E-state index contributed by atoms with van der Waals surface area (Å²) in [7, 11) is 0. The fourth-order valence-corrected chi connectivity index (χ4v) is 2.71. The Balaban J connectivity index is 1.98. The van der Waals surface area contributed by atoms with Crippen molar-refractivity contribution in [3.8, 4) is 6.07 Å². The SMILES string of the molecule is CC1CNc2ccccc2N1Cc1cc(F)ccc1C#N.